The maximum atomic E-state index is 12.6. The number of halogens is 1. The lowest BCUT2D eigenvalue weighted by Crippen LogP contribution is -2.35. The predicted octanol–water partition coefficient (Wildman–Crippen LogP) is 3.08. The molecule has 1 atom stereocenters. The minimum absolute atomic E-state index is 0.119. The number of hydrogen-bond donors (Lipinski definition) is 0. The summed E-state index contributed by atoms with van der Waals surface area (Å²) >= 11 is 3.48. The molecule has 20 heavy (non-hydrogen) atoms. The molecule has 2 fully saturated rings. The van der Waals surface area contributed by atoms with E-state index in [0.29, 0.717) is 12.0 Å². The highest BCUT2D eigenvalue weighted by Gasteiger charge is 2.29. The van der Waals surface area contributed by atoms with Crippen LogP contribution in [0.4, 0.5) is 0 Å². The Balaban J connectivity index is 1.68. The zero-order valence-electron chi connectivity index (χ0n) is 11.8. The van der Waals surface area contributed by atoms with Gasteiger partial charge in [0.05, 0.1) is 6.61 Å². The van der Waals surface area contributed by atoms with E-state index in [-0.39, 0.29) is 5.91 Å². The molecule has 4 nitrogen and oxygen atoms in total. The van der Waals surface area contributed by atoms with Gasteiger partial charge in [0.2, 0.25) is 0 Å². The first-order valence-electron chi connectivity index (χ1n) is 7.35. The van der Waals surface area contributed by atoms with E-state index in [1.165, 1.54) is 12.8 Å². The minimum atomic E-state index is 0.119. The molecule has 1 saturated heterocycles. The number of rotatable bonds is 4. The normalized spacial score (nSPS) is 22.8. The Kier molecular flexibility index (Phi) is 4.17. The molecule has 0 radical (unpaired) electrons. The van der Waals surface area contributed by atoms with E-state index in [1.807, 2.05) is 24.2 Å². The number of amides is 1. The van der Waals surface area contributed by atoms with Gasteiger partial charge in [-0.2, -0.15) is 0 Å². The van der Waals surface area contributed by atoms with Gasteiger partial charge in [-0.25, -0.2) is 0 Å². The maximum Gasteiger partial charge on any atom is 0.270 e. The monoisotopic (exact) mass is 340 g/mol. The molecule has 2 heterocycles. The SMILES string of the molecule is CN(CC1CCCOC1)C(=O)c1cc(Br)cn1C1CC1. The third-order valence-corrected chi connectivity index (χ3v) is 4.54. The second kappa shape index (κ2) is 5.90. The van der Waals surface area contributed by atoms with Crippen molar-refractivity contribution in [3.63, 3.8) is 0 Å². The number of carbonyl (C=O) groups excluding carboxylic acids is 1. The van der Waals surface area contributed by atoms with Crippen molar-refractivity contribution in [1.29, 1.82) is 0 Å². The number of ether oxygens (including phenoxy) is 1. The first-order valence-corrected chi connectivity index (χ1v) is 8.15. The van der Waals surface area contributed by atoms with Crippen LogP contribution in [0.1, 0.15) is 42.2 Å². The summed E-state index contributed by atoms with van der Waals surface area (Å²) in [6.07, 6.45) is 6.66. The summed E-state index contributed by atoms with van der Waals surface area (Å²) < 4.78 is 8.61. The van der Waals surface area contributed by atoms with Crippen LogP contribution in [0.3, 0.4) is 0 Å². The van der Waals surface area contributed by atoms with Crippen LogP contribution in [0, 0.1) is 5.92 Å². The van der Waals surface area contributed by atoms with Crippen molar-refractivity contribution < 1.29 is 9.53 Å². The summed E-state index contributed by atoms with van der Waals surface area (Å²) in [6.45, 7) is 2.43. The van der Waals surface area contributed by atoms with Gasteiger partial charge in [0, 0.05) is 36.9 Å². The third-order valence-electron chi connectivity index (χ3n) is 4.11. The number of hydrogen-bond acceptors (Lipinski definition) is 2. The van der Waals surface area contributed by atoms with Crippen LogP contribution in [0.15, 0.2) is 16.7 Å². The Morgan fingerprint density at radius 1 is 1.50 bits per heavy atom. The molecule has 1 aliphatic carbocycles. The Morgan fingerprint density at radius 3 is 2.95 bits per heavy atom. The van der Waals surface area contributed by atoms with Crippen LogP contribution in [0.2, 0.25) is 0 Å². The van der Waals surface area contributed by atoms with Crippen LogP contribution < -0.4 is 0 Å². The van der Waals surface area contributed by atoms with Crippen LogP contribution in [-0.4, -0.2) is 42.2 Å². The van der Waals surface area contributed by atoms with Gasteiger partial charge >= 0.3 is 0 Å². The summed E-state index contributed by atoms with van der Waals surface area (Å²) in [5.41, 5.74) is 0.804. The van der Waals surface area contributed by atoms with E-state index in [2.05, 4.69) is 20.5 Å². The average molecular weight is 341 g/mol. The Hall–Kier alpha value is -0.810. The van der Waals surface area contributed by atoms with Gasteiger partial charge in [-0.15, -0.1) is 0 Å². The van der Waals surface area contributed by atoms with Crippen molar-refractivity contribution in [2.75, 3.05) is 26.8 Å². The molecule has 1 aromatic rings. The molecule has 1 unspecified atom stereocenters. The standard InChI is InChI=1S/C15H21BrN2O2/c1-17(8-11-3-2-6-20-10-11)15(19)14-7-12(16)9-18(14)13-4-5-13/h7,9,11,13H,2-6,8,10H2,1H3. The largest absolute Gasteiger partial charge is 0.381 e. The Bertz CT molecular complexity index is 490. The van der Waals surface area contributed by atoms with Crippen molar-refractivity contribution in [1.82, 2.24) is 9.47 Å². The fourth-order valence-corrected chi connectivity index (χ4v) is 3.33. The summed E-state index contributed by atoms with van der Waals surface area (Å²) in [4.78, 5) is 14.5. The van der Waals surface area contributed by atoms with Crippen molar-refractivity contribution in [3.8, 4) is 0 Å². The molecule has 1 amide bonds. The lowest BCUT2D eigenvalue weighted by molar-refractivity contribution is 0.0385. The van der Waals surface area contributed by atoms with E-state index >= 15 is 0 Å². The van der Waals surface area contributed by atoms with Crippen LogP contribution in [0.25, 0.3) is 0 Å². The van der Waals surface area contributed by atoms with Gasteiger partial charge in [-0.05, 0) is 53.6 Å². The summed E-state index contributed by atoms with van der Waals surface area (Å²) in [5, 5.41) is 0. The Morgan fingerprint density at radius 2 is 2.30 bits per heavy atom. The Labute approximate surface area is 128 Å². The highest BCUT2D eigenvalue weighted by atomic mass is 79.9. The molecule has 0 N–H and O–H groups in total. The van der Waals surface area contributed by atoms with Crippen LogP contribution in [-0.2, 0) is 4.74 Å². The van der Waals surface area contributed by atoms with E-state index in [1.54, 1.807) is 0 Å². The molecular weight excluding hydrogens is 320 g/mol. The van der Waals surface area contributed by atoms with Gasteiger partial charge in [0.15, 0.2) is 0 Å². The first-order chi connectivity index (χ1) is 9.65. The molecule has 0 bridgehead atoms. The number of nitrogens with zero attached hydrogens (tertiary/aromatic N) is 2. The molecular formula is C15H21BrN2O2. The molecule has 3 rings (SSSR count). The van der Waals surface area contributed by atoms with Gasteiger partial charge in [-0.1, -0.05) is 0 Å². The molecule has 0 spiro atoms. The lowest BCUT2D eigenvalue weighted by atomic mass is 10.0. The summed E-state index contributed by atoms with van der Waals surface area (Å²) in [5.74, 6) is 0.596. The van der Waals surface area contributed by atoms with Crippen molar-refractivity contribution in [2.24, 2.45) is 5.92 Å². The lowest BCUT2D eigenvalue weighted by Gasteiger charge is -2.27. The smallest absolute Gasteiger partial charge is 0.270 e. The van der Waals surface area contributed by atoms with E-state index in [9.17, 15) is 4.79 Å². The highest BCUT2D eigenvalue weighted by molar-refractivity contribution is 9.10. The second-order valence-electron chi connectivity index (χ2n) is 5.95. The van der Waals surface area contributed by atoms with Crippen LogP contribution in [0.5, 0.6) is 0 Å². The molecule has 1 aromatic heterocycles. The van der Waals surface area contributed by atoms with Gasteiger partial charge in [-0.3, -0.25) is 4.79 Å². The zero-order chi connectivity index (χ0) is 14.1. The predicted molar refractivity (Wildman–Crippen MR) is 80.9 cm³/mol. The summed E-state index contributed by atoms with van der Waals surface area (Å²) in [6, 6.07) is 2.46. The maximum absolute atomic E-state index is 12.6. The van der Waals surface area contributed by atoms with Crippen LogP contribution >= 0.6 is 15.9 Å². The molecule has 5 heteroatoms. The quantitative estimate of drug-likeness (QED) is 0.844. The average Bonchev–Trinajstić information content (AvgIpc) is 3.22. The van der Waals surface area contributed by atoms with E-state index < -0.39 is 0 Å². The van der Waals surface area contributed by atoms with E-state index in [4.69, 9.17) is 4.74 Å². The van der Waals surface area contributed by atoms with Crippen molar-refractivity contribution in [2.45, 2.75) is 31.7 Å². The number of aromatic nitrogens is 1. The summed E-state index contributed by atoms with van der Waals surface area (Å²) in [7, 11) is 1.90. The van der Waals surface area contributed by atoms with Gasteiger partial charge in [0.1, 0.15) is 5.69 Å². The van der Waals surface area contributed by atoms with E-state index in [0.717, 1.165) is 42.8 Å². The minimum Gasteiger partial charge on any atom is -0.381 e. The van der Waals surface area contributed by atoms with Gasteiger partial charge < -0.3 is 14.2 Å². The fourth-order valence-electron chi connectivity index (χ4n) is 2.89. The molecule has 1 aliphatic heterocycles. The fraction of sp³-hybridized carbons (Fsp3) is 0.667. The first kappa shape index (κ1) is 14.1. The molecule has 1 saturated carbocycles. The second-order valence-corrected chi connectivity index (χ2v) is 6.87. The molecule has 110 valence electrons. The van der Waals surface area contributed by atoms with Crippen molar-refractivity contribution >= 4 is 21.8 Å². The zero-order valence-corrected chi connectivity index (χ0v) is 13.4. The number of carbonyl (C=O) groups is 1. The topological polar surface area (TPSA) is 34.5 Å². The highest BCUT2D eigenvalue weighted by Crippen LogP contribution is 2.37. The third kappa shape index (κ3) is 3.09. The van der Waals surface area contributed by atoms with Gasteiger partial charge in [0.25, 0.3) is 5.91 Å². The molecule has 0 aromatic carbocycles. The molecule has 2 aliphatic rings. The van der Waals surface area contributed by atoms with Crippen molar-refractivity contribution in [3.05, 3.63) is 22.4 Å².